The average molecular weight is 1070 g/mol. The number of rotatable bonds is 20. The predicted octanol–water partition coefficient (Wildman–Crippen LogP) is 12.9. The molecule has 6 rings (SSSR count). The van der Waals surface area contributed by atoms with Crippen LogP contribution in [-0.2, 0) is 41.0 Å². The molecule has 6 amide bonds. The number of anilines is 2. The van der Waals surface area contributed by atoms with Gasteiger partial charge in [-0.25, -0.2) is 19.2 Å². The minimum absolute atomic E-state index is 0.00496. The lowest BCUT2D eigenvalue weighted by molar-refractivity contribution is -0.141. The topological polar surface area (TPSA) is 181 Å². The fraction of sp³-hybridized carbons (Fsp3) is 0.404. The Balaban J connectivity index is 1.11. The number of carbonyl (C=O) groups is 6. The van der Waals surface area contributed by atoms with Gasteiger partial charge in [0.1, 0.15) is 6.04 Å². The van der Waals surface area contributed by atoms with Crippen LogP contribution in [0.15, 0.2) is 119 Å². The van der Waals surface area contributed by atoms with E-state index in [-0.39, 0.29) is 83.4 Å². The molecular formula is C57H58F6N6O8. The largest absolute Gasteiger partial charge is 0.463 e. The van der Waals surface area contributed by atoms with Crippen molar-refractivity contribution in [2.24, 2.45) is 5.92 Å². The van der Waals surface area contributed by atoms with Gasteiger partial charge in [0, 0.05) is 29.8 Å². The van der Waals surface area contributed by atoms with Crippen molar-refractivity contribution in [1.82, 2.24) is 9.80 Å². The number of halogens is 6. The molecule has 3 aliphatic rings. The number of benzene rings is 3. The number of imide groups is 2. The highest BCUT2D eigenvalue weighted by atomic mass is 19.4. The lowest BCUT2D eigenvalue weighted by Gasteiger charge is -2.42. The molecule has 77 heavy (non-hydrogen) atoms. The first kappa shape index (κ1) is 58.3. The van der Waals surface area contributed by atoms with Crippen LogP contribution in [0.4, 0.5) is 47.3 Å². The third-order valence-corrected chi connectivity index (χ3v) is 13.5. The normalized spacial score (nSPS) is 18.0. The van der Waals surface area contributed by atoms with Gasteiger partial charge in [-0.1, -0.05) is 74.9 Å². The number of ether oxygens (including phenoxy) is 2. The Hall–Kier alpha value is -8.00. The number of esters is 2. The number of alkyl halides is 6. The summed E-state index contributed by atoms with van der Waals surface area (Å²) < 4.78 is 94.1. The van der Waals surface area contributed by atoms with Gasteiger partial charge in [0.15, 0.2) is 0 Å². The first-order valence-corrected chi connectivity index (χ1v) is 25.4. The molecule has 1 aliphatic carbocycles. The maximum Gasteiger partial charge on any atom is 0.416 e. The molecule has 2 heterocycles. The van der Waals surface area contributed by atoms with Gasteiger partial charge in [0.2, 0.25) is 11.8 Å². The first-order chi connectivity index (χ1) is 36.7. The Morgan fingerprint density at radius 3 is 1.58 bits per heavy atom. The molecule has 3 aromatic carbocycles. The summed E-state index contributed by atoms with van der Waals surface area (Å²) in [6.07, 6.45) is 0.129. The summed E-state index contributed by atoms with van der Waals surface area (Å²) in [6.45, 7) is 5.77. The quantitative estimate of drug-likeness (QED) is 0.0600. The number of hydrogen-bond donors (Lipinski definition) is 0. The van der Waals surface area contributed by atoms with Gasteiger partial charge < -0.3 is 9.47 Å². The summed E-state index contributed by atoms with van der Waals surface area (Å²) in [4.78, 5) is 88.6. The molecule has 0 radical (unpaired) electrons. The van der Waals surface area contributed by atoms with Crippen LogP contribution in [0.2, 0.25) is 0 Å². The molecule has 406 valence electrons. The monoisotopic (exact) mass is 1070 g/mol. The average Bonchev–Trinajstić information content (AvgIpc) is 3.40. The molecule has 0 bridgehead atoms. The van der Waals surface area contributed by atoms with Crippen molar-refractivity contribution in [2.75, 3.05) is 23.0 Å². The zero-order valence-corrected chi connectivity index (χ0v) is 43.0. The van der Waals surface area contributed by atoms with Gasteiger partial charge in [0.25, 0.3) is 0 Å². The van der Waals surface area contributed by atoms with E-state index in [2.05, 4.69) is 6.07 Å². The lowest BCUT2D eigenvalue weighted by Crippen LogP contribution is -2.57. The van der Waals surface area contributed by atoms with E-state index < -0.39 is 71.4 Å². The van der Waals surface area contributed by atoms with Crippen LogP contribution >= 0.6 is 0 Å². The fourth-order valence-electron chi connectivity index (χ4n) is 9.83. The second kappa shape index (κ2) is 25.7. The smallest absolute Gasteiger partial charge is 0.416 e. The van der Waals surface area contributed by atoms with Crippen molar-refractivity contribution in [1.29, 1.82) is 10.5 Å². The summed E-state index contributed by atoms with van der Waals surface area (Å²) >= 11 is 0. The minimum Gasteiger partial charge on any atom is -0.463 e. The zero-order chi connectivity index (χ0) is 56.2. The molecule has 14 nitrogen and oxygen atoms in total. The summed E-state index contributed by atoms with van der Waals surface area (Å²) in [7, 11) is 0. The molecule has 3 aromatic rings. The molecule has 0 saturated carbocycles. The van der Waals surface area contributed by atoms with E-state index in [1.807, 2.05) is 6.07 Å². The maximum absolute atomic E-state index is 14.5. The minimum atomic E-state index is -4.77. The summed E-state index contributed by atoms with van der Waals surface area (Å²) in [5, 5.41) is 19.1. The van der Waals surface area contributed by atoms with Crippen LogP contribution in [0.1, 0.15) is 133 Å². The summed E-state index contributed by atoms with van der Waals surface area (Å²) in [6, 6.07) is 13.5. The maximum atomic E-state index is 14.5. The number of unbranched alkanes of at least 4 members (excludes halogenated alkanes) is 7. The highest BCUT2D eigenvalue weighted by Gasteiger charge is 2.48. The molecule has 0 fully saturated rings. The molecule has 20 heteroatoms. The van der Waals surface area contributed by atoms with Crippen LogP contribution in [0.5, 0.6) is 0 Å². The molecule has 0 aromatic heterocycles. The van der Waals surface area contributed by atoms with E-state index >= 15 is 0 Å². The van der Waals surface area contributed by atoms with Crippen molar-refractivity contribution in [3.05, 3.63) is 141 Å². The van der Waals surface area contributed by atoms with E-state index in [0.717, 1.165) is 56.0 Å². The molecule has 0 saturated heterocycles. The van der Waals surface area contributed by atoms with Gasteiger partial charge >= 0.3 is 36.4 Å². The predicted molar refractivity (Wildman–Crippen MR) is 270 cm³/mol. The van der Waals surface area contributed by atoms with Crippen LogP contribution in [0.3, 0.4) is 0 Å². The molecule has 3 unspecified atom stereocenters. The molecule has 0 N–H and O–H groups in total. The summed E-state index contributed by atoms with van der Waals surface area (Å²) in [5.74, 6) is -3.48. The van der Waals surface area contributed by atoms with Gasteiger partial charge in [-0.05, 0) is 119 Å². The van der Waals surface area contributed by atoms with Crippen LogP contribution in [-0.4, -0.2) is 64.9 Å². The number of nitrogens with zero attached hydrogens (tertiary/aromatic N) is 6. The van der Waals surface area contributed by atoms with E-state index in [1.54, 1.807) is 32.1 Å². The van der Waals surface area contributed by atoms with Gasteiger partial charge in [-0.2, -0.15) is 36.9 Å². The molecule has 3 atom stereocenters. The third kappa shape index (κ3) is 13.7. The summed E-state index contributed by atoms with van der Waals surface area (Å²) in [5.41, 5.74) is -1.90. The second-order valence-corrected chi connectivity index (χ2v) is 18.6. The lowest BCUT2D eigenvalue weighted by atomic mass is 9.85. The highest BCUT2D eigenvalue weighted by Crippen LogP contribution is 2.43. The van der Waals surface area contributed by atoms with E-state index in [4.69, 9.17) is 9.47 Å². The van der Waals surface area contributed by atoms with E-state index in [1.165, 1.54) is 50.2 Å². The Bertz CT molecular complexity index is 2950. The first-order valence-electron chi connectivity index (χ1n) is 25.4. The molecular weight excluding hydrogens is 1010 g/mol. The second-order valence-electron chi connectivity index (χ2n) is 18.6. The van der Waals surface area contributed by atoms with Crippen LogP contribution in [0, 0.1) is 28.6 Å². The number of amides is 6. The van der Waals surface area contributed by atoms with Gasteiger partial charge in [-0.15, -0.1) is 0 Å². The van der Waals surface area contributed by atoms with Crippen molar-refractivity contribution in [2.45, 2.75) is 129 Å². The van der Waals surface area contributed by atoms with E-state index in [9.17, 15) is 65.6 Å². The number of nitriles is 2. The Labute approximate surface area is 442 Å². The number of carbonyl (C=O) groups excluding carboxylic acids is 6. The van der Waals surface area contributed by atoms with Crippen molar-refractivity contribution in [3.63, 3.8) is 0 Å². The van der Waals surface area contributed by atoms with Crippen molar-refractivity contribution >= 4 is 47.2 Å². The number of allylic oxidation sites excluding steroid dienone is 6. The van der Waals surface area contributed by atoms with Crippen LogP contribution in [0.25, 0.3) is 0 Å². The van der Waals surface area contributed by atoms with Crippen LogP contribution < -0.4 is 9.80 Å². The Morgan fingerprint density at radius 1 is 0.636 bits per heavy atom. The Morgan fingerprint density at radius 2 is 1.10 bits per heavy atom. The standard InChI is InChI=1S/C57H58F6N6O8/c1-5-76-52(72)49-36(3)66(44-22-16-20-42(32-44)56(58,59)60)54(74)68(46(49)31-39-18-15-19-40(30-39)35-65)47(70)24-13-11-9-7-8-10-12-14-25-48(71)69-51(41-28-26-38(34-64)27-29-41)50(53(73)77-6-2)37(4)67(55(69)75)45-23-17-21-43(33-45)57(61,62)63/h15-17,19-23,26-30,32-33,39,46,51H,5-14,18,24-25,31H2,1-4H3. The Kier molecular flexibility index (Phi) is 19.4. The number of urea groups is 2. The zero-order valence-electron chi connectivity index (χ0n) is 43.0. The van der Waals surface area contributed by atoms with Gasteiger partial charge in [-0.3, -0.25) is 29.2 Å². The van der Waals surface area contributed by atoms with E-state index in [0.29, 0.717) is 63.4 Å². The van der Waals surface area contributed by atoms with Crippen molar-refractivity contribution in [3.8, 4) is 12.1 Å². The molecule has 2 aliphatic heterocycles. The number of hydrogen-bond acceptors (Lipinski definition) is 10. The van der Waals surface area contributed by atoms with Crippen molar-refractivity contribution < 1.29 is 64.6 Å². The highest BCUT2D eigenvalue weighted by molar-refractivity contribution is 6.11. The molecule has 0 spiro atoms. The van der Waals surface area contributed by atoms with Gasteiger partial charge in [0.05, 0.1) is 70.6 Å². The SMILES string of the molecule is CCOC(=O)C1=C(C)N(c2cccc(C(F)(F)F)c2)C(=O)N(C(=O)CCCCCCCCCCC(=O)N2C(=O)N(c3cccc(C(F)(F)F)c3)C(C)=C(C(=O)OCC)C2c2ccc(C#N)cc2)C1CC1C=C(C#N)C=CC1. The third-order valence-electron chi connectivity index (χ3n) is 13.5. The fourth-order valence-corrected chi connectivity index (χ4v) is 9.83.